The average molecular weight is 213 g/mol. The SMILES string of the molecule is O=C(O)CCl.O=C(O)CCl.[NaH]. The fourth-order valence-electron chi connectivity index (χ4n) is 0. The van der Waals surface area contributed by atoms with Gasteiger partial charge < -0.3 is 10.2 Å². The van der Waals surface area contributed by atoms with Crippen molar-refractivity contribution in [1.82, 2.24) is 0 Å². The van der Waals surface area contributed by atoms with E-state index in [9.17, 15) is 9.59 Å². The van der Waals surface area contributed by atoms with Crippen LogP contribution < -0.4 is 0 Å². The van der Waals surface area contributed by atoms with Crippen molar-refractivity contribution in [2.75, 3.05) is 11.8 Å². The van der Waals surface area contributed by atoms with Gasteiger partial charge in [-0.3, -0.25) is 9.59 Å². The molecule has 7 heteroatoms. The monoisotopic (exact) mass is 212 g/mol. The third-order valence-electron chi connectivity index (χ3n) is 0.229. The summed E-state index contributed by atoms with van der Waals surface area (Å²) < 4.78 is 0. The molecule has 0 aromatic heterocycles. The predicted octanol–water partition coefficient (Wildman–Crippen LogP) is -0.0289. The Hall–Kier alpha value is 0.520. The molecule has 62 valence electrons. The fourth-order valence-corrected chi connectivity index (χ4v) is 0. The quantitative estimate of drug-likeness (QED) is 0.499. The van der Waals surface area contributed by atoms with Gasteiger partial charge >= 0.3 is 41.5 Å². The van der Waals surface area contributed by atoms with Gasteiger partial charge in [-0.1, -0.05) is 0 Å². The van der Waals surface area contributed by atoms with Gasteiger partial charge in [0.1, 0.15) is 11.8 Å². The number of rotatable bonds is 2. The molecule has 0 aliphatic rings. The molecule has 0 aromatic rings. The first-order valence-electron chi connectivity index (χ1n) is 2.10. The molecule has 0 radical (unpaired) electrons. The maximum atomic E-state index is 9.24. The van der Waals surface area contributed by atoms with Gasteiger partial charge in [-0.05, 0) is 0 Å². The molecule has 11 heavy (non-hydrogen) atoms. The van der Waals surface area contributed by atoms with Crippen molar-refractivity contribution in [2.45, 2.75) is 0 Å². The number of carbonyl (C=O) groups is 2. The molecule has 0 aromatic carbocycles. The van der Waals surface area contributed by atoms with Gasteiger partial charge in [0.15, 0.2) is 0 Å². The van der Waals surface area contributed by atoms with Gasteiger partial charge in [0.05, 0.1) is 0 Å². The van der Waals surface area contributed by atoms with Crippen LogP contribution in [-0.2, 0) is 9.59 Å². The van der Waals surface area contributed by atoms with E-state index in [0.717, 1.165) is 0 Å². The first-order chi connectivity index (χ1) is 4.54. The molecule has 0 unspecified atom stereocenters. The van der Waals surface area contributed by atoms with E-state index in [4.69, 9.17) is 33.4 Å². The van der Waals surface area contributed by atoms with Crippen LogP contribution in [0.25, 0.3) is 0 Å². The Morgan fingerprint density at radius 3 is 1.09 bits per heavy atom. The van der Waals surface area contributed by atoms with Crippen LogP contribution in [0.1, 0.15) is 0 Å². The topological polar surface area (TPSA) is 74.6 Å². The van der Waals surface area contributed by atoms with Gasteiger partial charge in [-0.25, -0.2) is 0 Å². The van der Waals surface area contributed by atoms with Crippen LogP contribution >= 0.6 is 23.2 Å². The molecule has 0 fully saturated rings. The summed E-state index contributed by atoms with van der Waals surface area (Å²) in [5, 5.41) is 15.2. The summed E-state index contributed by atoms with van der Waals surface area (Å²) in [7, 11) is 0. The Kier molecular flexibility index (Phi) is 21.0. The number of halogens is 2. The summed E-state index contributed by atoms with van der Waals surface area (Å²) in [6, 6.07) is 0. The predicted molar refractivity (Wildman–Crippen MR) is 43.9 cm³/mol. The Morgan fingerprint density at radius 2 is 1.09 bits per heavy atom. The van der Waals surface area contributed by atoms with Crippen LogP contribution in [-0.4, -0.2) is 63.5 Å². The van der Waals surface area contributed by atoms with Crippen molar-refractivity contribution in [3.8, 4) is 0 Å². The molecule has 4 nitrogen and oxygen atoms in total. The molecule has 0 heterocycles. The standard InChI is InChI=1S/2C2H3ClO2.Na.H/c2*3-1-2(4)5;;/h2*1H2,(H,4,5);;. The molecule has 0 bridgehead atoms. The van der Waals surface area contributed by atoms with Crippen molar-refractivity contribution in [3.05, 3.63) is 0 Å². The van der Waals surface area contributed by atoms with Crippen LogP contribution in [0.5, 0.6) is 0 Å². The molecule has 0 atom stereocenters. The van der Waals surface area contributed by atoms with Crippen molar-refractivity contribution < 1.29 is 19.8 Å². The van der Waals surface area contributed by atoms with Crippen molar-refractivity contribution in [2.24, 2.45) is 0 Å². The van der Waals surface area contributed by atoms with Crippen molar-refractivity contribution in [1.29, 1.82) is 0 Å². The Morgan fingerprint density at radius 1 is 1.00 bits per heavy atom. The zero-order valence-corrected chi connectivity index (χ0v) is 6.39. The molecule has 0 aliphatic carbocycles. The summed E-state index contributed by atoms with van der Waals surface area (Å²) in [6.07, 6.45) is 0. The summed E-state index contributed by atoms with van der Waals surface area (Å²) in [4.78, 5) is 18.5. The van der Waals surface area contributed by atoms with Gasteiger partial charge in [-0.15, -0.1) is 23.2 Å². The Balaban J connectivity index is -0.000000107. The molecule has 0 rings (SSSR count). The summed E-state index contributed by atoms with van der Waals surface area (Å²) in [5.41, 5.74) is 0. The number of alkyl halides is 2. The second kappa shape index (κ2) is 13.1. The van der Waals surface area contributed by atoms with Gasteiger partial charge in [0.2, 0.25) is 0 Å². The van der Waals surface area contributed by atoms with Gasteiger partial charge in [-0.2, -0.15) is 0 Å². The maximum absolute atomic E-state index is 9.24. The van der Waals surface area contributed by atoms with E-state index in [1.807, 2.05) is 0 Å². The number of hydrogen-bond acceptors (Lipinski definition) is 2. The van der Waals surface area contributed by atoms with E-state index < -0.39 is 11.9 Å². The summed E-state index contributed by atoms with van der Waals surface area (Å²) >= 11 is 9.47. The van der Waals surface area contributed by atoms with E-state index in [1.165, 1.54) is 0 Å². The van der Waals surface area contributed by atoms with E-state index in [1.54, 1.807) is 0 Å². The Bertz CT molecular complexity index is 105. The number of carboxylic acids is 2. The molecule has 2 N–H and O–H groups in total. The Labute approximate surface area is 95.8 Å². The third kappa shape index (κ3) is 37.4. The van der Waals surface area contributed by atoms with Crippen LogP contribution in [0, 0.1) is 0 Å². The molecule has 0 saturated heterocycles. The molecule has 0 spiro atoms. The summed E-state index contributed by atoms with van der Waals surface area (Å²) in [5.74, 6) is -2.57. The van der Waals surface area contributed by atoms with Gasteiger partial charge in [0, 0.05) is 0 Å². The van der Waals surface area contributed by atoms with Crippen LogP contribution in [0.2, 0.25) is 0 Å². The first-order valence-corrected chi connectivity index (χ1v) is 3.17. The molecule has 0 saturated carbocycles. The zero-order valence-electron chi connectivity index (χ0n) is 4.88. The number of aliphatic carboxylic acids is 2. The second-order valence-corrected chi connectivity index (χ2v) is 1.59. The minimum absolute atomic E-state index is 0. The van der Waals surface area contributed by atoms with Crippen molar-refractivity contribution >= 4 is 64.7 Å². The zero-order chi connectivity index (χ0) is 8.57. The van der Waals surface area contributed by atoms with E-state index in [0.29, 0.717) is 0 Å². The normalized spacial score (nSPS) is 6.73. The van der Waals surface area contributed by atoms with E-state index in [2.05, 4.69) is 0 Å². The van der Waals surface area contributed by atoms with Crippen LogP contribution in [0.4, 0.5) is 0 Å². The van der Waals surface area contributed by atoms with E-state index >= 15 is 0 Å². The molecule has 0 amide bonds. The van der Waals surface area contributed by atoms with E-state index in [-0.39, 0.29) is 41.3 Å². The van der Waals surface area contributed by atoms with Crippen LogP contribution in [0.3, 0.4) is 0 Å². The summed E-state index contributed by atoms with van der Waals surface area (Å²) in [6.45, 7) is 0. The number of carboxylic acid groups (broad SMARTS) is 2. The minimum atomic E-state index is -0.980. The van der Waals surface area contributed by atoms with Gasteiger partial charge in [0.25, 0.3) is 0 Å². The fraction of sp³-hybridized carbons (Fsp3) is 0.500. The third-order valence-corrected chi connectivity index (χ3v) is 0.686. The molecular weight excluding hydrogens is 206 g/mol. The first kappa shape index (κ1) is 17.6. The second-order valence-electron chi connectivity index (χ2n) is 1.05. The number of hydrogen-bond donors (Lipinski definition) is 2. The van der Waals surface area contributed by atoms with Crippen LogP contribution in [0.15, 0.2) is 0 Å². The average Bonchev–Trinajstić information content (AvgIpc) is 1.89. The van der Waals surface area contributed by atoms with Crippen molar-refractivity contribution in [3.63, 3.8) is 0 Å². The molecular formula is C4H7Cl2NaO4. The molecule has 0 aliphatic heterocycles.